The van der Waals surface area contributed by atoms with Gasteiger partial charge in [0.15, 0.2) is 0 Å². The fourth-order valence-electron chi connectivity index (χ4n) is 2.88. The van der Waals surface area contributed by atoms with Crippen molar-refractivity contribution in [1.82, 2.24) is 4.98 Å². The molecule has 1 aliphatic heterocycles. The third kappa shape index (κ3) is 2.98. The van der Waals surface area contributed by atoms with Crippen LogP contribution in [-0.2, 0) is 4.79 Å². The summed E-state index contributed by atoms with van der Waals surface area (Å²) < 4.78 is 0. The maximum absolute atomic E-state index is 13.1. The smallest absolute Gasteiger partial charge is 0.270 e. The van der Waals surface area contributed by atoms with Crippen LogP contribution in [0.4, 0.5) is 11.4 Å². The van der Waals surface area contributed by atoms with Gasteiger partial charge in [-0.1, -0.05) is 35.9 Å². The van der Waals surface area contributed by atoms with Gasteiger partial charge in [0.05, 0.1) is 17.1 Å². The van der Waals surface area contributed by atoms with Crippen molar-refractivity contribution in [2.45, 2.75) is 6.92 Å². The predicted molar refractivity (Wildman–Crippen MR) is 104 cm³/mol. The zero-order valence-electron chi connectivity index (χ0n) is 13.8. The van der Waals surface area contributed by atoms with E-state index in [0.717, 1.165) is 10.6 Å². The number of carbonyl (C=O) groups excluding carboxylic acids is 2. The van der Waals surface area contributed by atoms with E-state index in [-0.39, 0.29) is 18.4 Å². The number of hydrogen-bond donors (Lipinski definition) is 1. The minimum Gasteiger partial charge on any atom is -0.323 e. The molecular weight excluding hydrogens is 370 g/mol. The largest absolute Gasteiger partial charge is 0.323 e. The summed E-state index contributed by atoms with van der Waals surface area (Å²) in [6, 6.07) is 14.6. The lowest BCUT2D eigenvalue weighted by molar-refractivity contribution is -0.115. The molecule has 0 saturated carbocycles. The second kappa shape index (κ2) is 6.55. The Balaban J connectivity index is 1.73. The molecule has 1 aliphatic rings. The normalized spacial score (nSPS) is 13.3. The fraction of sp³-hybridized carbons (Fsp3) is 0.105. The Labute approximate surface area is 159 Å². The molecule has 26 heavy (non-hydrogen) atoms. The van der Waals surface area contributed by atoms with Crippen LogP contribution in [0.3, 0.4) is 0 Å². The molecule has 1 N–H and O–H groups in total. The van der Waals surface area contributed by atoms with Crippen molar-refractivity contribution in [1.29, 1.82) is 0 Å². The van der Waals surface area contributed by atoms with Crippen LogP contribution in [0.15, 0.2) is 48.5 Å². The first-order valence-corrected chi connectivity index (χ1v) is 9.16. The van der Waals surface area contributed by atoms with E-state index in [1.807, 2.05) is 36.4 Å². The zero-order valence-corrected chi connectivity index (χ0v) is 15.4. The highest BCUT2D eigenvalue weighted by molar-refractivity contribution is 7.17. The highest BCUT2D eigenvalue weighted by atomic mass is 35.5. The lowest BCUT2D eigenvalue weighted by atomic mass is 10.2. The maximum Gasteiger partial charge on any atom is 0.270 e. The number of fused-ring (bicyclic) bond motifs is 1. The molecule has 7 heteroatoms. The Morgan fingerprint density at radius 1 is 1.23 bits per heavy atom. The van der Waals surface area contributed by atoms with Crippen molar-refractivity contribution in [3.8, 4) is 10.6 Å². The van der Waals surface area contributed by atoms with Crippen LogP contribution in [0.5, 0.6) is 0 Å². The van der Waals surface area contributed by atoms with Gasteiger partial charge in [-0.2, -0.15) is 0 Å². The summed E-state index contributed by atoms with van der Waals surface area (Å²) in [6.07, 6.45) is 0. The van der Waals surface area contributed by atoms with Gasteiger partial charge in [-0.05, 0) is 31.2 Å². The van der Waals surface area contributed by atoms with Gasteiger partial charge in [-0.25, -0.2) is 4.98 Å². The molecule has 0 bridgehead atoms. The molecule has 0 radical (unpaired) electrons. The molecule has 2 heterocycles. The number of aryl methyl sites for hydroxylation is 1. The van der Waals surface area contributed by atoms with E-state index in [1.165, 1.54) is 16.2 Å². The molecule has 0 fully saturated rings. The highest BCUT2D eigenvalue weighted by Gasteiger charge is 2.30. The molecule has 2 amide bonds. The minimum absolute atomic E-state index is 0.0142. The van der Waals surface area contributed by atoms with Crippen LogP contribution in [-0.4, -0.2) is 23.3 Å². The van der Waals surface area contributed by atoms with Gasteiger partial charge in [0.1, 0.15) is 16.4 Å². The Kier molecular flexibility index (Phi) is 4.22. The number of halogens is 1. The Hall–Kier alpha value is -2.70. The lowest BCUT2D eigenvalue weighted by Gasteiger charge is -2.28. The number of benzene rings is 2. The number of rotatable bonds is 2. The van der Waals surface area contributed by atoms with Gasteiger partial charge in [0, 0.05) is 10.6 Å². The molecule has 0 atom stereocenters. The van der Waals surface area contributed by atoms with Crippen molar-refractivity contribution >= 4 is 46.1 Å². The number of nitrogens with zero attached hydrogens (tertiary/aromatic N) is 2. The van der Waals surface area contributed by atoms with E-state index >= 15 is 0 Å². The van der Waals surface area contributed by atoms with Crippen molar-refractivity contribution in [2.75, 3.05) is 16.8 Å². The predicted octanol–water partition coefficient (Wildman–Crippen LogP) is 4.37. The van der Waals surface area contributed by atoms with Crippen LogP contribution in [0, 0.1) is 6.92 Å². The first-order chi connectivity index (χ1) is 12.5. The van der Waals surface area contributed by atoms with Gasteiger partial charge in [0.25, 0.3) is 5.91 Å². The number of carbonyl (C=O) groups is 2. The number of nitrogens with one attached hydrogen (secondary N) is 1. The second-order valence-electron chi connectivity index (χ2n) is 5.90. The summed E-state index contributed by atoms with van der Waals surface area (Å²) in [7, 11) is 0. The van der Waals surface area contributed by atoms with Crippen molar-refractivity contribution in [3.63, 3.8) is 0 Å². The molecule has 0 spiro atoms. The number of thiazole rings is 1. The van der Waals surface area contributed by atoms with Crippen molar-refractivity contribution < 1.29 is 9.59 Å². The van der Waals surface area contributed by atoms with E-state index in [9.17, 15) is 9.59 Å². The fourth-order valence-corrected chi connectivity index (χ4v) is 4.08. The minimum atomic E-state index is -0.226. The standard InChI is InChI=1S/C19H14ClN3O2S/c1-11-17(26-18(21-11)12-5-4-6-13(20)9-12)19(25)23-10-16(24)22-14-7-2-3-8-15(14)23/h2-9H,10H2,1H3,(H,22,24). The third-order valence-corrected chi connectivity index (χ3v) is 5.51. The molecule has 4 rings (SSSR count). The van der Waals surface area contributed by atoms with Crippen LogP contribution >= 0.6 is 22.9 Å². The third-order valence-electron chi connectivity index (χ3n) is 4.08. The SMILES string of the molecule is Cc1nc(-c2cccc(Cl)c2)sc1C(=O)N1CC(=O)Nc2ccccc21. The molecule has 1 aromatic heterocycles. The summed E-state index contributed by atoms with van der Waals surface area (Å²) >= 11 is 7.36. The Morgan fingerprint density at radius 2 is 2.04 bits per heavy atom. The molecule has 130 valence electrons. The van der Waals surface area contributed by atoms with Crippen molar-refractivity contribution in [3.05, 3.63) is 64.1 Å². The highest BCUT2D eigenvalue weighted by Crippen LogP contribution is 2.34. The van der Waals surface area contributed by atoms with Gasteiger partial charge in [-0.3, -0.25) is 14.5 Å². The summed E-state index contributed by atoms with van der Waals surface area (Å²) in [5.41, 5.74) is 2.82. The first kappa shape index (κ1) is 16.8. The summed E-state index contributed by atoms with van der Waals surface area (Å²) in [6.45, 7) is 1.79. The molecule has 3 aromatic rings. The molecular formula is C19H14ClN3O2S. The number of hydrogen-bond acceptors (Lipinski definition) is 4. The lowest BCUT2D eigenvalue weighted by Crippen LogP contribution is -2.42. The average Bonchev–Trinajstić information content (AvgIpc) is 3.02. The van der Waals surface area contributed by atoms with Crippen LogP contribution in [0.25, 0.3) is 10.6 Å². The number of amides is 2. The van der Waals surface area contributed by atoms with E-state index in [1.54, 1.807) is 19.1 Å². The average molecular weight is 384 g/mol. The van der Waals surface area contributed by atoms with Gasteiger partial charge in [0.2, 0.25) is 5.91 Å². The van der Waals surface area contributed by atoms with Crippen LogP contribution in [0.1, 0.15) is 15.4 Å². The van der Waals surface area contributed by atoms with Crippen LogP contribution < -0.4 is 10.2 Å². The molecule has 0 unspecified atom stereocenters. The number of anilines is 2. The summed E-state index contributed by atoms with van der Waals surface area (Å²) in [5, 5.41) is 4.13. The number of para-hydroxylation sites is 2. The quantitative estimate of drug-likeness (QED) is 0.714. The summed E-state index contributed by atoms with van der Waals surface area (Å²) in [4.78, 5) is 31.7. The second-order valence-corrected chi connectivity index (χ2v) is 7.34. The monoisotopic (exact) mass is 383 g/mol. The van der Waals surface area contributed by atoms with Gasteiger partial charge in [-0.15, -0.1) is 11.3 Å². The topological polar surface area (TPSA) is 62.3 Å². The van der Waals surface area contributed by atoms with E-state index < -0.39 is 0 Å². The van der Waals surface area contributed by atoms with E-state index in [4.69, 9.17) is 11.6 Å². The summed E-state index contributed by atoms with van der Waals surface area (Å²) in [5.74, 6) is -0.440. The van der Waals surface area contributed by atoms with Gasteiger partial charge >= 0.3 is 0 Å². The van der Waals surface area contributed by atoms with Crippen molar-refractivity contribution in [2.24, 2.45) is 0 Å². The van der Waals surface area contributed by atoms with E-state index in [0.29, 0.717) is 27.0 Å². The molecule has 2 aromatic carbocycles. The zero-order chi connectivity index (χ0) is 18.3. The number of aromatic nitrogens is 1. The van der Waals surface area contributed by atoms with Gasteiger partial charge < -0.3 is 5.32 Å². The first-order valence-electron chi connectivity index (χ1n) is 7.97. The van der Waals surface area contributed by atoms with Crippen LogP contribution in [0.2, 0.25) is 5.02 Å². The van der Waals surface area contributed by atoms with E-state index in [2.05, 4.69) is 10.3 Å². The molecule has 5 nitrogen and oxygen atoms in total. The Morgan fingerprint density at radius 3 is 2.85 bits per heavy atom. The molecule has 0 saturated heterocycles. The maximum atomic E-state index is 13.1. The molecule has 0 aliphatic carbocycles. The Bertz CT molecular complexity index is 1030.